The third-order valence-corrected chi connectivity index (χ3v) is 5.71. The van der Waals surface area contributed by atoms with Gasteiger partial charge in [0.2, 0.25) is 5.24 Å². The van der Waals surface area contributed by atoms with Gasteiger partial charge in [0.15, 0.2) is 0 Å². The van der Waals surface area contributed by atoms with Crippen LogP contribution in [0.5, 0.6) is 0 Å². The predicted molar refractivity (Wildman–Crippen MR) is 56.0 cm³/mol. The lowest BCUT2D eigenvalue weighted by Crippen LogP contribution is -2.26. The highest BCUT2D eigenvalue weighted by Gasteiger charge is 2.29. The quantitative estimate of drug-likeness (QED) is 0.673. The molecule has 74 valence electrons. The number of carbonyl (C=O) groups excluding carboxylic acids is 1. The molecule has 0 saturated carbocycles. The van der Waals surface area contributed by atoms with Crippen molar-refractivity contribution in [2.75, 3.05) is 19.1 Å². The normalized spacial score (nSPS) is 14.5. The van der Waals surface area contributed by atoms with Crippen molar-refractivity contribution in [3.63, 3.8) is 0 Å². The summed E-state index contributed by atoms with van der Waals surface area (Å²) < 4.78 is 5.54. The van der Waals surface area contributed by atoms with Gasteiger partial charge in [-0.25, -0.2) is 0 Å². The Morgan fingerprint density at radius 3 is 2.08 bits per heavy atom. The molecule has 0 fully saturated rings. The van der Waals surface area contributed by atoms with E-state index in [2.05, 4.69) is 20.8 Å². The first kappa shape index (κ1) is 12.3. The highest BCUT2D eigenvalue weighted by Crippen LogP contribution is 2.53. The molecule has 0 heterocycles. The van der Waals surface area contributed by atoms with Gasteiger partial charge in [-0.3, -0.25) is 4.79 Å². The minimum absolute atomic E-state index is 0.0150. The number of hydrogen-bond acceptors (Lipinski definition) is 2. The summed E-state index contributed by atoms with van der Waals surface area (Å²) in [5, 5.41) is -0.431. The van der Waals surface area contributed by atoms with E-state index in [1.165, 1.54) is 0 Å². The summed E-state index contributed by atoms with van der Waals surface area (Å²) >= 11 is 5.18. The molecule has 2 nitrogen and oxygen atoms in total. The molecular weight excluding hydrogens is 196 g/mol. The summed E-state index contributed by atoms with van der Waals surface area (Å²) in [6.45, 7) is 6.31. The van der Waals surface area contributed by atoms with Crippen LogP contribution < -0.4 is 0 Å². The largest absolute Gasteiger partial charge is 0.327 e. The molecule has 4 heteroatoms. The molecule has 0 atom stereocenters. The van der Waals surface area contributed by atoms with E-state index in [0.29, 0.717) is 0 Å². The maximum atomic E-state index is 10.5. The maximum absolute atomic E-state index is 10.5. The molecule has 0 aliphatic heterocycles. The number of hydrogen-bond donors (Lipinski definition) is 0. The Morgan fingerprint density at radius 2 is 1.83 bits per heavy atom. The minimum atomic E-state index is -1.20. The first-order valence-corrected chi connectivity index (χ1v) is 6.48. The molecule has 0 amide bonds. The maximum Gasteiger partial charge on any atom is 0.248 e. The number of halogens is 1. The Bertz CT molecular complexity index is 172. The van der Waals surface area contributed by atoms with Crippen LogP contribution in [0.4, 0.5) is 0 Å². The Balaban J connectivity index is 4.14. The van der Waals surface area contributed by atoms with Gasteiger partial charge in [-0.05, 0) is 24.1 Å². The van der Waals surface area contributed by atoms with Crippen molar-refractivity contribution in [3.8, 4) is 0 Å². The summed E-state index contributed by atoms with van der Waals surface area (Å²) in [6.07, 6.45) is 4.07. The lowest BCUT2D eigenvalue weighted by Gasteiger charge is -2.43. The average molecular weight is 213 g/mol. The van der Waals surface area contributed by atoms with E-state index in [-0.39, 0.29) is 11.4 Å². The zero-order chi connectivity index (χ0) is 9.99. The van der Waals surface area contributed by atoms with Gasteiger partial charge in [-0.2, -0.15) is 0 Å². The molecule has 12 heavy (non-hydrogen) atoms. The highest BCUT2D eigenvalue weighted by atomic mass is 35.5. The fraction of sp³-hybridized carbons (Fsp3) is 0.875. The smallest absolute Gasteiger partial charge is 0.248 e. The number of rotatable bonds is 3. The molecule has 0 spiro atoms. The van der Waals surface area contributed by atoms with Crippen molar-refractivity contribution in [2.45, 2.75) is 25.5 Å². The molecule has 0 bridgehead atoms. The molecule has 0 radical (unpaired) electrons. The Kier molecular flexibility index (Phi) is 4.08. The summed E-state index contributed by atoms with van der Waals surface area (Å²) in [5.41, 5.74) is 0. The second-order valence-corrected chi connectivity index (χ2v) is 8.31. The average Bonchev–Trinajstić information content (AvgIpc) is 1.81. The van der Waals surface area contributed by atoms with Crippen LogP contribution in [0.2, 0.25) is 0 Å². The lowest BCUT2D eigenvalue weighted by molar-refractivity contribution is -0.113. The molecule has 0 aromatic rings. The van der Waals surface area contributed by atoms with E-state index in [0.717, 1.165) is 0 Å². The van der Waals surface area contributed by atoms with Crippen LogP contribution in [0, 0.1) is 0 Å². The van der Waals surface area contributed by atoms with E-state index in [1.807, 2.05) is 12.5 Å². The van der Waals surface area contributed by atoms with E-state index in [9.17, 15) is 4.79 Å². The number of carbonyl (C=O) groups is 1. The first-order chi connectivity index (χ1) is 5.17. The van der Waals surface area contributed by atoms with Crippen molar-refractivity contribution in [2.24, 2.45) is 0 Å². The lowest BCUT2D eigenvalue weighted by atomic mass is 10.3. The fourth-order valence-corrected chi connectivity index (χ4v) is 1.24. The zero-order valence-electron chi connectivity index (χ0n) is 8.31. The van der Waals surface area contributed by atoms with Gasteiger partial charge in [-0.15, -0.1) is 10.3 Å². The summed E-state index contributed by atoms with van der Waals surface area (Å²) in [5.74, 6) is 0. The van der Waals surface area contributed by atoms with E-state index in [4.69, 9.17) is 15.8 Å². The first-order valence-electron chi connectivity index (χ1n) is 3.72. The van der Waals surface area contributed by atoms with Crippen molar-refractivity contribution in [3.05, 3.63) is 0 Å². The third kappa shape index (κ3) is 3.78. The third-order valence-electron chi connectivity index (χ3n) is 1.94. The van der Waals surface area contributed by atoms with Gasteiger partial charge < -0.3 is 4.18 Å². The van der Waals surface area contributed by atoms with Gasteiger partial charge in [-0.1, -0.05) is 20.8 Å². The molecule has 0 aliphatic rings. The van der Waals surface area contributed by atoms with E-state index >= 15 is 0 Å². The van der Waals surface area contributed by atoms with Gasteiger partial charge >= 0.3 is 0 Å². The molecule has 0 aromatic heterocycles. The molecule has 0 rings (SSSR count). The topological polar surface area (TPSA) is 26.3 Å². The van der Waals surface area contributed by atoms with Crippen LogP contribution in [0.3, 0.4) is 0 Å². The van der Waals surface area contributed by atoms with Crippen molar-refractivity contribution in [1.29, 1.82) is 0 Å². The second-order valence-electron chi connectivity index (χ2n) is 3.96. The fourth-order valence-electron chi connectivity index (χ4n) is 0.370. The molecule has 0 aliphatic carbocycles. The summed E-state index contributed by atoms with van der Waals surface area (Å²) in [4.78, 5) is 10.5. The highest BCUT2D eigenvalue weighted by molar-refractivity contribution is 8.29. The van der Waals surface area contributed by atoms with Crippen molar-refractivity contribution < 1.29 is 8.98 Å². The molecule has 0 saturated heterocycles. The van der Waals surface area contributed by atoms with E-state index < -0.39 is 15.6 Å². The van der Waals surface area contributed by atoms with Gasteiger partial charge in [0.05, 0.1) is 0 Å². The molecular formula is C8H17ClO2S. The standard InChI is InChI=1S/C8H17ClO2S/c1-8(2,3)12(4,5)11-6-7(9)10/h6H2,1-5H3. The van der Waals surface area contributed by atoms with Gasteiger partial charge in [0.25, 0.3) is 0 Å². The minimum Gasteiger partial charge on any atom is -0.327 e. The Labute approximate surface area is 81.1 Å². The zero-order valence-corrected chi connectivity index (χ0v) is 9.88. The van der Waals surface area contributed by atoms with Crippen LogP contribution in [0.15, 0.2) is 0 Å². The molecule has 0 aromatic carbocycles. The van der Waals surface area contributed by atoms with Crippen LogP contribution in [0.25, 0.3) is 0 Å². The van der Waals surface area contributed by atoms with Crippen molar-refractivity contribution in [1.82, 2.24) is 0 Å². The Hall–Kier alpha value is 0.270. The second kappa shape index (κ2) is 3.99. The summed E-state index contributed by atoms with van der Waals surface area (Å²) in [7, 11) is -1.20. The van der Waals surface area contributed by atoms with Crippen LogP contribution in [-0.4, -0.2) is 29.1 Å². The summed E-state index contributed by atoms with van der Waals surface area (Å²) in [6, 6.07) is 0. The van der Waals surface area contributed by atoms with Crippen LogP contribution in [-0.2, 0) is 8.98 Å². The van der Waals surface area contributed by atoms with Crippen molar-refractivity contribution >= 4 is 27.2 Å². The Morgan fingerprint density at radius 1 is 1.42 bits per heavy atom. The predicted octanol–water partition coefficient (Wildman–Crippen LogP) is 2.55. The van der Waals surface area contributed by atoms with Crippen LogP contribution in [0.1, 0.15) is 20.8 Å². The SMILES string of the molecule is CC(C)(C)S(C)(C)OCC(=O)Cl. The monoisotopic (exact) mass is 212 g/mol. The van der Waals surface area contributed by atoms with Gasteiger partial charge in [0.1, 0.15) is 6.61 Å². The van der Waals surface area contributed by atoms with Gasteiger partial charge in [0, 0.05) is 4.75 Å². The molecule has 0 N–H and O–H groups in total. The van der Waals surface area contributed by atoms with E-state index in [1.54, 1.807) is 0 Å². The van der Waals surface area contributed by atoms with Crippen LogP contribution >= 0.6 is 21.9 Å². The molecule has 0 unspecified atom stereocenters.